The summed E-state index contributed by atoms with van der Waals surface area (Å²) in [5.74, 6) is -0.990. The molecule has 1 fully saturated rings. The fourth-order valence-electron chi connectivity index (χ4n) is 2.08. The Kier molecular flexibility index (Phi) is 6.74. The van der Waals surface area contributed by atoms with Gasteiger partial charge >= 0.3 is 12.0 Å². The lowest BCUT2D eigenvalue weighted by Crippen LogP contribution is -2.51. The number of carboxylic acid groups (broad SMARTS) is 1. The van der Waals surface area contributed by atoms with Crippen LogP contribution in [0.3, 0.4) is 0 Å². The molecule has 0 aromatic carbocycles. The van der Waals surface area contributed by atoms with Gasteiger partial charge in [0.05, 0.1) is 19.3 Å². The number of ether oxygens (including phenoxy) is 2. The standard InChI is InChI=1S/C13H24N2O5/c1-10(9-20-3)14(6-7-19-2)13(18)15(8-12(16)17)11-4-5-11/h10-11H,4-9H2,1-3H3,(H,16,17). The summed E-state index contributed by atoms with van der Waals surface area (Å²) in [4.78, 5) is 26.5. The highest BCUT2D eigenvalue weighted by Gasteiger charge is 2.37. The molecule has 0 aromatic heterocycles. The smallest absolute Gasteiger partial charge is 0.323 e. The van der Waals surface area contributed by atoms with Crippen LogP contribution in [0.1, 0.15) is 19.8 Å². The molecule has 1 aliphatic rings. The Morgan fingerprint density at radius 2 is 1.95 bits per heavy atom. The van der Waals surface area contributed by atoms with Crippen LogP contribution in [0.2, 0.25) is 0 Å². The van der Waals surface area contributed by atoms with Crippen LogP contribution in [0, 0.1) is 0 Å². The van der Waals surface area contributed by atoms with Gasteiger partial charge in [0, 0.05) is 26.8 Å². The van der Waals surface area contributed by atoms with Gasteiger partial charge in [0.1, 0.15) is 6.54 Å². The minimum absolute atomic E-state index is 0.0541. The number of carbonyl (C=O) groups excluding carboxylic acids is 1. The lowest BCUT2D eigenvalue weighted by molar-refractivity contribution is -0.138. The molecule has 1 N–H and O–H groups in total. The highest BCUT2D eigenvalue weighted by atomic mass is 16.5. The van der Waals surface area contributed by atoms with E-state index in [1.807, 2.05) is 6.92 Å². The molecule has 0 bridgehead atoms. The van der Waals surface area contributed by atoms with Gasteiger partial charge in [-0.3, -0.25) is 4.79 Å². The third-order valence-corrected chi connectivity index (χ3v) is 3.26. The average Bonchev–Trinajstić information content (AvgIpc) is 3.20. The zero-order chi connectivity index (χ0) is 15.1. The Morgan fingerprint density at radius 1 is 1.30 bits per heavy atom. The summed E-state index contributed by atoms with van der Waals surface area (Å²) in [5, 5.41) is 8.95. The molecule has 20 heavy (non-hydrogen) atoms. The normalized spacial score (nSPS) is 15.8. The van der Waals surface area contributed by atoms with E-state index in [2.05, 4.69) is 0 Å². The first kappa shape index (κ1) is 16.7. The molecule has 1 rings (SSSR count). The summed E-state index contributed by atoms with van der Waals surface area (Å²) < 4.78 is 10.1. The minimum Gasteiger partial charge on any atom is -0.480 e. The van der Waals surface area contributed by atoms with E-state index in [0.717, 1.165) is 12.8 Å². The summed E-state index contributed by atoms with van der Waals surface area (Å²) in [6, 6.07) is -0.326. The summed E-state index contributed by atoms with van der Waals surface area (Å²) in [6.45, 7) is 2.85. The van der Waals surface area contributed by atoms with E-state index in [1.54, 1.807) is 19.1 Å². The van der Waals surface area contributed by atoms with E-state index in [0.29, 0.717) is 19.8 Å². The van der Waals surface area contributed by atoms with E-state index in [4.69, 9.17) is 14.6 Å². The Bertz CT molecular complexity index is 333. The average molecular weight is 288 g/mol. The molecule has 0 aliphatic heterocycles. The van der Waals surface area contributed by atoms with Crippen molar-refractivity contribution in [3.63, 3.8) is 0 Å². The van der Waals surface area contributed by atoms with E-state index in [1.165, 1.54) is 4.90 Å². The molecule has 0 aromatic rings. The number of urea groups is 1. The molecule has 1 unspecified atom stereocenters. The predicted octanol–water partition coefficient (Wildman–Crippen LogP) is 0.639. The van der Waals surface area contributed by atoms with Gasteiger partial charge in [0.2, 0.25) is 0 Å². The van der Waals surface area contributed by atoms with Gasteiger partial charge in [-0.05, 0) is 19.8 Å². The number of amides is 2. The van der Waals surface area contributed by atoms with Crippen LogP contribution >= 0.6 is 0 Å². The summed E-state index contributed by atoms with van der Waals surface area (Å²) in [6.07, 6.45) is 1.74. The topological polar surface area (TPSA) is 79.3 Å². The fraction of sp³-hybridized carbons (Fsp3) is 0.846. The number of hydrogen-bond acceptors (Lipinski definition) is 4. The van der Waals surface area contributed by atoms with Crippen LogP contribution in [-0.4, -0.2) is 79.5 Å². The third kappa shape index (κ3) is 4.97. The maximum atomic E-state index is 12.6. The largest absolute Gasteiger partial charge is 0.480 e. The molecular formula is C13H24N2O5. The molecular weight excluding hydrogens is 264 g/mol. The number of hydrogen-bond donors (Lipinski definition) is 1. The zero-order valence-electron chi connectivity index (χ0n) is 12.4. The van der Waals surface area contributed by atoms with E-state index >= 15 is 0 Å². The molecule has 7 nitrogen and oxygen atoms in total. The van der Waals surface area contributed by atoms with Gasteiger partial charge in [0.25, 0.3) is 0 Å². The molecule has 116 valence electrons. The molecule has 0 saturated heterocycles. The van der Waals surface area contributed by atoms with Gasteiger partial charge in [-0.1, -0.05) is 0 Å². The van der Waals surface area contributed by atoms with Gasteiger partial charge in [-0.25, -0.2) is 4.79 Å². The van der Waals surface area contributed by atoms with Gasteiger partial charge in [0.15, 0.2) is 0 Å². The second-order valence-corrected chi connectivity index (χ2v) is 5.03. The monoisotopic (exact) mass is 288 g/mol. The predicted molar refractivity (Wildman–Crippen MR) is 72.7 cm³/mol. The van der Waals surface area contributed by atoms with Crippen molar-refractivity contribution < 1.29 is 24.2 Å². The summed E-state index contributed by atoms with van der Waals surface area (Å²) in [7, 11) is 3.14. The highest BCUT2D eigenvalue weighted by molar-refractivity contribution is 5.81. The molecule has 1 atom stereocenters. The third-order valence-electron chi connectivity index (χ3n) is 3.26. The molecule has 2 amide bonds. The summed E-state index contributed by atoms with van der Waals surface area (Å²) in [5.41, 5.74) is 0. The van der Waals surface area contributed by atoms with Gasteiger partial charge in [-0.2, -0.15) is 0 Å². The Hall–Kier alpha value is -1.34. The Morgan fingerprint density at radius 3 is 2.40 bits per heavy atom. The highest BCUT2D eigenvalue weighted by Crippen LogP contribution is 2.28. The van der Waals surface area contributed by atoms with E-state index in [9.17, 15) is 9.59 Å². The Balaban J connectivity index is 2.74. The number of nitrogens with zero attached hydrogens (tertiary/aromatic N) is 2. The van der Waals surface area contributed by atoms with Crippen molar-refractivity contribution in [2.75, 3.05) is 40.5 Å². The van der Waals surface area contributed by atoms with Crippen LogP contribution in [0.15, 0.2) is 0 Å². The maximum absolute atomic E-state index is 12.6. The van der Waals surface area contributed by atoms with Crippen molar-refractivity contribution in [1.29, 1.82) is 0 Å². The quantitative estimate of drug-likeness (QED) is 0.673. The van der Waals surface area contributed by atoms with Crippen LogP contribution in [-0.2, 0) is 14.3 Å². The number of methoxy groups -OCH3 is 2. The van der Waals surface area contributed by atoms with Gasteiger partial charge in [-0.15, -0.1) is 0 Å². The number of carboxylic acids is 1. The molecule has 0 spiro atoms. The first-order chi connectivity index (χ1) is 9.51. The van der Waals surface area contributed by atoms with E-state index in [-0.39, 0.29) is 24.7 Å². The lowest BCUT2D eigenvalue weighted by atomic mass is 10.3. The fourth-order valence-corrected chi connectivity index (χ4v) is 2.08. The Labute approximate surface area is 119 Å². The van der Waals surface area contributed by atoms with Crippen molar-refractivity contribution in [2.24, 2.45) is 0 Å². The van der Waals surface area contributed by atoms with Crippen molar-refractivity contribution >= 4 is 12.0 Å². The van der Waals surface area contributed by atoms with Crippen LogP contribution in [0.25, 0.3) is 0 Å². The lowest BCUT2D eigenvalue weighted by Gasteiger charge is -2.33. The van der Waals surface area contributed by atoms with Crippen molar-refractivity contribution in [2.45, 2.75) is 31.8 Å². The van der Waals surface area contributed by atoms with Crippen molar-refractivity contribution in [3.05, 3.63) is 0 Å². The number of carbonyl (C=O) groups is 2. The minimum atomic E-state index is -0.990. The maximum Gasteiger partial charge on any atom is 0.323 e. The number of aliphatic carboxylic acids is 1. The SMILES string of the molecule is COCCN(C(=O)N(CC(=O)O)C1CC1)C(C)COC. The molecule has 1 aliphatic carbocycles. The van der Waals surface area contributed by atoms with Crippen LogP contribution in [0.4, 0.5) is 4.79 Å². The van der Waals surface area contributed by atoms with Gasteiger partial charge < -0.3 is 24.4 Å². The van der Waals surface area contributed by atoms with Crippen molar-refractivity contribution in [3.8, 4) is 0 Å². The van der Waals surface area contributed by atoms with Crippen LogP contribution in [0.5, 0.6) is 0 Å². The second-order valence-electron chi connectivity index (χ2n) is 5.03. The molecule has 0 radical (unpaired) electrons. The van der Waals surface area contributed by atoms with E-state index < -0.39 is 5.97 Å². The molecule has 7 heteroatoms. The molecule has 1 saturated carbocycles. The summed E-state index contributed by atoms with van der Waals surface area (Å²) >= 11 is 0. The molecule has 0 heterocycles. The second kappa shape index (κ2) is 8.06. The van der Waals surface area contributed by atoms with Crippen molar-refractivity contribution in [1.82, 2.24) is 9.80 Å². The van der Waals surface area contributed by atoms with Crippen LogP contribution < -0.4 is 0 Å². The first-order valence-electron chi connectivity index (χ1n) is 6.78. The first-order valence-corrected chi connectivity index (χ1v) is 6.78. The zero-order valence-corrected chi connectivity index (χ0v) is 12.4. The number of rotatable bonds is 9.